The molecule has 2 heterocycles. The quantitative estimate of drug-likeness (QED) is 0.876. The molecule has 0 spiro atoms. The molecule has 0 radical (unpaired) electrons. The van der Waals surface area contributed by atoms with E-state index >= 15 is 0 Å². The largest absolute Gasteiger partial charge is 0.341 e. The molecule has 1 atom stereocenters. The molecule has 1 aliphatic heterocycles. The molecule has 1 fully saturated rings. The lowest BCUT2D eigenvalue weighted by atomic mass is 10.0. The molecular formula is C15H23N3O. The Morgan fingerprint density at radius 2 is 2.42 bits per heavy atom. The fourth-order valence-electron chi connectivity index (χ4n) is 2.54. The second-order valence-electron chi connectivity index (χ2n) is 5.12. The molecule has 104 valence electrons. The second kappa shape index (κ2) is 7.24. The van der Waals surface area contributed by atoms with Gasteiger partial charge in [-0.25, -0.2) is 0 Å². The molecular weight excluding hydrogens is 238 g/mol. The van der Waals surface area contributed by atoms with Crippen LogP contribution in [0.1, 0.15) is 31.7 Å². The summed E-state index contributed by atoms with van der Waals surface area (Å²) in [6.45, 7) is 4.73. The van der Waals surface area contributed by atoms with E-state index in [1.165, 1.54) is 19.3 Å². The van der Waals surface area contributed by atoms with Crippen LogP contribution in [-0.2, 0) is 11.2 Å². The molecule has 0 saturated carbocycles. The number of nitrogens with zero attached hydrogens (tertiary/aromatic N) is 2. The number of carbonyl (C=O) groups is 1. The maximum absolute atomic E-state index is 12.3. The third-order valence-corrected chi connectivity index (χ3v) is 3.67. The highest BCUT2D eigenvalue weighted by molar-refractivity contribution is 5.78. The molecule has 1 unspecified atom stereocenters. The van der Waals surface area contributed by atoms with E-state index in [1.807, 2.05) is 24.0 Å². The topological polar surface area (TPSA) is 45.2 Å². The maximum atomic E-state index is 12.3. The molecule has 1 saturated heterocycles. The van der Waals surface area contributed by atoms with Crippen LogP contribution in [0.3, 0.4) is 0 Å². The zero-order valence-electron chi connectivity index (χ0n) is 11.6. The minimum Gasteiger partial charge on any atom is -0.341 e. The highest BCUT2D eigenvalue weighted by atomic mass is 16.2. The summed E-state index contributed by atoms with van der Waals surface area (Å²) in [7, 11) is 0. The molecule has 1 amide bonds. The Morgan fingerprint density at radius 3 is 3.05 bits per heavy atom. The zero-order valence-corrected chi connectivity index (χ0v) is 11.6. The van der Waals surface area contributed by atoms with Gasteiger partial charge in [0.2, 0.25) is 5.91 Å². The van der Waals surface area contributed by atoms with Gasteiger partial charge in [0.05, 0.1) is 6.42 Å². The Kier molecular flexibility index (Phi) is 5.33. The number of carbonyl (C=O) groups excluding carboxylic acids is 1. The normalized spacial score (nSPS) is 19.1. The third-order valence-electron chi connectivity index (χ3n) is 3.67. The number of amides is 1. The van der Waals surface area contributed by atoms with Crippen LogP contribution in [0.25, 0.3) is 0 Å². The number of hydrogen-bond acceptors (Lipinski definition) is 3. The first-order chi connectivity index (χ1) is 9.29. The van der Waals surface area contributed by atoms with Gasteiger partial charge < -0.3 is 10.2 Å². The van der Waals surface area contributed by atoms with E-state index in [4.69, 9.17) is 0 Å². The fourth-order valence-corrected chi connectivity index (χ4v) is 2.54. The van der Waals surface area contributed by atoms with Crippen LogP contribution in [-0.4, -0.2) is 41.5 Å². The van der Waals surface area contributed by atoms with Crippen molar-refractivity contribution in [1.29, 1.82) is 0 Å². The Morgan fingerprint density at radius 1 is 1.53 bits per heavy atom. The molecule has 1 aromatic rings. The van der Waals surface area contributed by atoms with E-state index in [1.54, 1.807) is 12.4 Å². The van der Waals surface area contributed by atoms with E-state index < -0.39 is 0 Å². The summed E-state index contributed by atoms with van der Waals surface area (Å²) in [5.41, 5.74) is 0.988. The molecule has 0 bridgehead atoms. The van der Waals surface area contributed by atoms with Gasteiger partial charge in [-0.05, 0) is 37.9 Å². The van der Waals surface area contributed by atoms with Gasteiger partial charge in [-0.2, -0.15) is 0 Å². The highest BCUT2D eigenvalue weighted by Crippen LogP contribution is 2.09. The Bertz CT molecular complexity index is 388. The number of nitrogens with one attached hydrogen (secondary N) is 1. The number of rotatable bonds is 5. The summed E-state index contributed by atoms with van der Waals surface area (Å²) in [6.07, 6.45) is 7.66. The molecule has 1 N–H and O–H groups in total. The average molecular weight is 261 g/mol. The first kappa shape index (κ1) is 14.0. The van der Waals surface area contributed by atoms with Gasteiger partial charge in [0.15, 0.2) is 0 Å². The van der Waals surface area contributed by atoms with Crippen molar-refractivity contribution in [3.63, 3.8) is 0 Å². The fraction of sp³-hybridized carbons (Fsp3) is 0.600. The van der Waals surface area contributed by atoms with E-state index in [9.17, 15) is 4.79 Å². The first-order valence-corrected chi connectivity index (χ1v) is 7.19. The van der Waals surface area contributed by atoms with Gasteiger partial charge in [-0.1, -0.05) is 12.5 Å². The zero-order chi connectivity index (χ0) is 13.5. The number of pyridine rings is 1. The number of piperidine rings is 1. The SMILES string of the molecule is CCN(CC1CCCCN1)C(=O)Cc1cccnc1. The van der Waals surface area contributed by atoms with E-state index in [0.717, 1.165) is 25.2 Å². The molecule has 0 aromatic carbocycles. The van der Waals surface area contributed by atoms with Gasteiger partial charge in [0.25, 0.3) is 0 Å². The average Bonchev–Trinajstić information content (AvgIpc) is 2.47. The number of likely N-dealkylation sites (N-methyl/N-ethyl adjacent to an activating group) is 1. The van der Waals surface area contributed by atoms with Gasteiger partial charge in [-0.15, -0.1) is 0 Å². The molecule has 1 aliphatic rings. The van der Waals surface area contributed by atoms with Crippen LogP contribution in [0.4, 0.5) is 0 Å². The van der Waals surface area contributed by atoms with Crippen molar-refractivity contribution in [2.45, 2.75) is 38.6 Å². The van der Waals surface area contributed by atoms with Gasteiger partial charge in [0.1, 0.15) is 0 Å². The van der Waals surface area contributed by atoms with Crippen LogP contribution in [0.15, 0.2) is 24.5 Å². The van der Waals surface area contributed by atoms with Crippen molar-refractivity contribution in [3.05, 3.63) is 30.1 Å². The molecule has 1 aromatic heterocycles. The standard InChI is InChI=1S/C15H23N3O/c1-2-18(12-14-7-3-4-9-17-14)15(19)10-13-6-5-8-16-11-13/h5-6,8,11,14,17H,2-4,7,9-10,12H2,1H3. The van der Waals surface area contributed by atoms with E-state index in [-0.39, 0.29) is 5.91 Å². The Balaban J connectivity index is 1.87. The van der Waals surface area contributed by atoms with Crippen molar-refractivity contribution < 1.29 is 4.79 Å². The van der Waals surface area contributed by atoms with Gasteiger partial charge >= 0.3 is 0 Å². The summed E-state index contributed by atoms with van der Waals surface area (Å²) in [5, 5.41) is 3.50. The predicted molar refractivity (Wildman–Crippen MR) is 75.8 cm³/mol. The van der Waals surface area contributed by atoms with Crippen LogP contribution in [0, 0.1) is 0 Å². The summed E-state index contributed by atoms with van der Waals surface area (Å²) in [5.74, 6) is 0.197. The lowest BCUT2D eigenvalue weighted by molar-refractivity contribution is -0.130. The monoisotopic (exact) mass is 261 g/mol. The smallest absolute Gasteiger partial charge is 0.227 e. The van der Waals surface area contributed by atoms with Gasteiger partial charge in [-0.3, -0.25) is 9.78 Å². The second-order valence-corrected chi connectivity index (χ2v) is 5.12. The lowest BCUT2D eigenvalue weighted by Gasteiger charge is -2.30. The molecule has 4 heteroatoms. The number of hydrogen-bond donors (Lipinski definition) is 1. The van der Waals surface area contributed by atoms with E-state index in [0.29, 0.717) is 12.5 Å². The van der Waals surface area contributed by atoms with Crippen molar-refractivity contribution >= 4 is 5.91 Å². The predicted octanol–water partition coefficient (Wildman–Crippen LogP) is 1.61. The van der Waals surface area contributed by atoms with Crippen LogP contribution in [0.5, 0.6) is 0 Å². The minimum absolute atomic E-state index is 0.197. The molecule has 4 nitrogen and oxygen atoms in total. The Labute approximate surface area is 115 Å². The lowest BCUT2D eigenvalue weighted by Crippen LogP contribution is -2.46. The van der Waals surface area contributed by atoms with Crippen LogP contribution in [0.2, 0.25) is 0 Å². The van der Waals surface area contributed by atoms with Crippen molar-refractivity contribution in [2.75, 3.05) is 19.6 Å². The highest BCUT2D eigenvalue weighted by Gasteiger charge is 2.19. The summed E-state index contributed by atoms with van der Waals surface area (Å²) < 4.78 is 0. The Hall–Kier alpha value is -1.42. The maximum Gasteiger partial charge on any atom is 0.227 e. The van der Waals surface area contributed by atoms with Crippen molar-refractivity contribution in [3.8, 4) is 0 Å². The van der Waals surface area contributed by atoms with Crippen LogP contribution >= 0.6 is 0 Å². The third kappa shape index (κ3) is 4.31. The van der Waals surface area contributed by atoms with Crippen LogP contribution < -0.4 is 5.32 Å². The molecule has 0 aliphatic carbocycles. The van der Waals surface area contributed by atoms with Gasteiger partial charge in [0, 0.05) is 31.5 Å². The number of aromatic nitrogens is 1. The van der Waals surface area contributed by atoms with Crippen molar-refractivity contribution in [2.24, 2.45) is 0 Å². The minimum atomic E-state index is 0.197. The van der Waals surface area contributed by atoms with Crippen molar-refractivity contribution in [1.82, 2.24) is 15.2 Å². The first-order valence-electron chi connectivity index (χ1n) is 7.19. The summed E-state index contributed by atoms with van der Waals surface area (Å²) >= 11 is 0. The summed E-state index contributed by atoms with van der Waals surface area (Å²) in [4.78, 5) is 18.3. The van der Waals surface area contributed by atoms with E-state index in [2.05, 4.69) is 10.3 Å². The summed E-state index contributed by atoms with van der Waals surface area (Å²) in [6, 6.07) is 4.30. The molecule has 2 rings (SSSR count). The molecule has 19 heavy (non-hydrogen) atoms.